The van der Waals surface area contributed by atoms with E-state index in [2.05, 4.69) is 21.2 Å². The molecule has 5 aromatic rings. The second-order valence-corrected chi connectivity index (χ2v) is 11.9. The van der Waals surface area contributed by atoms with E-state index in [0.29, 0.717) is 33.8 Å². The van der Waals surface area contributed by atoms with Crippen LogP contribution in [0.5, 0.6) is 0 Å². The highest BCUT2D eigenvalue weighted by Crippen LogP contribution is 2.43. The zero-order valence-electron chi connectivity index (χ0n) is 25.4. The van der Waals surface area contributed by atoms with Gasteiger partial charge in [0, 0.05) is 33.2 Å². The monoisotopic (exact) mass is 673 g/mol. The number of hydrogen-bond donors (Lipinski definition) is 1. The number of carbonyl (C=O) groups excluding carboxylic acids is 2. The van der Waals surface area contributed by atoms with E-state index in [0.717, 1.165) is 26.9 Å². The quantitative estimate of drug-likeness (QED) is 0.160. The number of ether oxygens (including phenoxy) is 2. The van der Waals surface area contributed by atoms with Gasteiger partial charge in [-0.15, -0.1) is 0 Å². The number of nitrogens with zero attached hydrogens (tertiary/aromatic N) is 2. The standard InChI is InChI=1S/C38H32BrN3O4/c1-25-33(37(43)45-23-27-12-6-3-7-13-27)35(34(26(2)40-25)38(44)46-24-28-14-8-4-9-15-28)32-22-42(31-16-10-5-11-17-31)41-36(32)29-18-20-30(39)21-19-29/h3-22,35,40H,23-24H2,1-2H3. The molecule has 0 saturated heterocycles. The molecule has 7 nitrogen and oxygen atoms in total. The molecule has 0 bridgehead atoms. The molecule has 8 heteroatoms. The first kappa shape index (κ1) is 30.8. The van der Waals surface area contributed by atoms with Crippen LogP contribution in [0.3, 0.4) is 0 Å². The lowest BCUT2D eigenvalue weighted by Crippen LogP contribution is -2.32. The number of carbonyl (C=O) groups is 2. The second kappa shape index (κ2) is 13.8. The highest BCUT2D eigenvalue weighted by atomic mass is 79.9. The van der Waals surface area contributed by atoms with Crippen LogP contribution in [0.1, 0.15) is 36.5 Å². The average molecular weight is 675 g/mol. The van der Waals surface area contributed by atoms with Crippen LogP contribution in [0.15, 0.2) is 148 Å². The number of dihydropyridines is 1. The molecule has 1 aliphatic heterocycles. The number of halogens is 1. The summed E-state index contributed by atoms with van der Waals surface area (Å²) in [7, 11) is 0. The first-order chi connectivity index (χ1) is 22.4. The molecular weight excluding hydrogens is 642 g/mol. The van der Waals surface area contributed by atoms with Crippen LogP contribution >= 0.6 is 15.9 Å². The van der Waals surface area contributed by atoms with Gasteiger partial charge in [0.25, 0.3) is 0 Å². The summed E-state index contributed by atoms with van der Waals surface area (Å²) in [6.45, 7) is 3.82. The Balaban J connectivity index is 1.48. The third-order valence-corrected chi connectivity index (χ3v) is 8.35. The summed E-state index contributed by atoms with van der Waals surface area (Å²) in [5.41, 5.74) is 6.50. The fraction of sp³-hybridized carbons (Fsp3) is 0.132. The Morgan fingerprint density at radius 2 is 1.20 bits per heavy atom. The van der Waals surface area contributed by atoms with Gasteiger partial charge in [0.2, 0.25) is 0 Å². The number of allylic oxidation sites excluding steroid dienone is 2. The largest absolute Gasteiger partial charge is 0.457 e. The molecule has 4 aromatic carbocycles. The van der Waals surface area contributed by atoms with Gasteiger partial charge in [0.1, 0.15) is 13.2 Å². The first-order valence-corrected chi connectivity index (χ1v) is 15.7. The van der Waals surface area contributed by atoms with E-state index in [1.54, 1.807) is 4.68 Å². The summed E-state index contributed by atoms with van der Waals surface area (Å²) in [4.78, 5) is 28.1. The van der Waals surface area contributed by atoms with Crippen molar-refractivity contribution in [1.82, 2.24) is 15.1 Å². The lowest BCUT2D eigenvalue weighted by Gasteiger charge is -2.30. The maximum absolute atomic E-state index is 14.1. The van der Waals surface area contributed by atoms with E-state index in [1.807, 2.05) is 135 Å². The summed E-state index contributed by atoms with van der Waals surface area (Å²) in [6, 6.07) is 36.5. The number of para-hydroxylation sites is 1. The van der Waals surface area contributed by atoms with Crippen molar-refractivity contribution in [2.45, 2.75) is 33.0 Å². The third-order valence-electron chi connectivity index (χ3n) is 7.82. The van der Waals surface area contributed by atoms with Crippen LogP contribution in [0.25, 0.3) is 16.9 Å². The van der Waals surface area contributed by atoms with E-state index < -0.39 is 17.9 Å². The predicted molar refractivity (Wildman–Crippen MR) is 180 cm³/mol. The molecule has 1 N–H and O–H groups in total. The van der Waals surface area contributed by atoms with Gasteiger partial charge in [-0.25, -0.2) is 14.3 Å². The van der Waals surface area contributed by atoms with Crippen molar-refractivity contribution in [1.29, 1.82) is 0 Å². The molecule has 230 valence electrons. The van der Waals surface area contributed by atoms with E-state index in [1.165, 1.54) is 0 Å². The molecule has 0 saturated carbocycles. The molecule has 0 atom stereocenters. The van der Waals surface area contributed by atoms with Crippen molar-refractivity contribution in [3.05, 3.63) is 165 Å². The summed E-state index contributed by atoms with van der Waals surface area (Å²) in [5, 5.41) is 8.28. The minimum atomic E-state index is -0.830. The van der Waals surface area contributed by atoms with Crippen molar-refractivity contribution in [3.63, 3.8) is 0 Å². The minimum Gasteiger partial charge on any atom is -0.457 e. The van der Waals surface area contributed by atoms with Crippen LogP contribution < -0.4 is 5.32 Å². The fourth-order valence-electron chi connectivity index (χ4n) is 5.59. The van der Waals surface area contributed by atoms with Gasteiger partial charge in [0.05, 0.1) is 28.4 Å². The molecule has 0 unspecified atom stereocenters. The summed E-state index contributed by atoms with van der Waals surface area (Å²) < 4.78 is 14.5. The van der Waals surface area contributed by atoms with Crippen molar-refractivity contribution in [2.24, 2.45) is 0 Å². The highest BCUT2D eigenvalue weighted by Gasteiger charge is 2.40. The zero-order valence-corrected chi connectivity index (χ0v) is 27.0. The molecular formula is C38H32BrN3O4. The fourth-order valence-corrected chi connectivity index (χ4v) is 5.86. The SMILES string of the molecule is CC1=C(C(=O)OCc2ccccc2)C(c2cn(-c3ccccc3)nc2-c2ccc(Br)cc2)C(C(=O)OCc2ccccc2)=C(C)N1. The smallest absolute Gasteiger partial charge is 0.337 e. The van der Waals surface area contributed by atoms with E-state index >= 15 is 0 Å². The number of hydrogen-bond acceptors (Lipinski definition) is 6. The molecule has 0 amide bonds. The number of aromatic nitrogens is 2. The Hall–Kier alpha value is -5.21. The molecule has 0 spiro atoms. The van der Waals surface area contributed by atoms with E-state index in [4.69, 9.17) is 14.6 Å². The predicted octanol–water partition coefficient (Wildman–Crippen LogP) is 8.02. The summed E-state index contributed by atoms with van der Waals surface area (Å²) >= 11 is 3.53. The topological polar surface area (TPSA) is 82.5 Å². The van der Waals surface area contributed by atoms with Gasteiger partial charge >= 0.3 is 11.9 Å². The zero-order chi connectivity index (χ0) is 32.0. The Kier molecular flexibility index (Phi) is 9.26. The average Bonchev–Trinajstić information content (AvgIpc) is 3.53. The molecule has 6 rings (SSSR count). The molecule has 2 heterocycles. The lowest BCUT2D eigenvalue weighted by atomic mass is 9.79. The molecule has 1 aliphatic rings. The Bertz CT molecular complexity index is 1840. The Morgan fingerprint density at radius 3 is 1.70 bits per heavy atom. The highest BCUT2D eigenvalue weighted by molar-refractivity contribution is 9.10. The van der Waals surface area contributed by atoms with E-state index in [-0.39, 0.29) is 13.2 Å². The van der Waals surface area contributed by atoms with E-state index in [9.17, 15) is 9.59 Å². The second-order valence-electron chi connectivity index (χ2n) is 11.0. The summed E-state index contributed by atoms with van der Waals surface area (Å²) in [6.07, 6.45) is 1.89. The maximum atomic E-state index is 14.1. The Labute approximate surface area is 276 Å². The Morgan fingerprint density at radius 1 is 0.717 bits per heavy atom. The lowest BCUT2D eigenvalue weighted by molar-refractivity contribution is -0.141. The third kappa shape index (κ3) is 6.72. The van der Waals surface area contributed by atoms with Gasteiger partial charge in [-0.1, -0.05) is 107 Å². The van der Waals surface area contributed by atoms with Gasteiger partial charge in [-0.05, 0) is 49.2 Å². The number of esters is 2. The van der Waals surface area contributed by atoms with Crippen molar-refractivity contribution in [3.8, 4) is 16.9 Å². The minimum absolute atomic E-state index is 0.0858. The van der Waals surface area contributed by atoms with Crippen molar-refractivity contribution >= 4 is 27.9 Å². The van der Waals surface area contributed by atoms with Crippen LogP contribution in [0, 0.1) is 0 Å². The van der Waals surface area contributed by atoms with Crippen LogP contribution in [0.4, 0.5) is 0 Å². The number of rotatable bonds is 9. The van der Waals surface area contributed by atoms with Crippen LogP contribution in [-0.4, -0.2) is 21.7 Å². The summed E-state index contributed by atoms with van der Waals surface area (Å²) in [5.74, 6) is -1.90. The molecule has 0 fully saturated rings. The van der Waals surface area contributed by atoms with Gasteiger partial charge < -0.3 is 14.8 Å². The first-order valence-electron chi connectivity index (χ1n) is 14.9. The van der Waals surface area contributed by atoms with Gasteiger partial charge in [-0.3, -0.25) is 0 Å². The molecule has 0 aliphatic carbocycles. The molecule has 0 radical (unpaired) electrons. The van der Waals surface area contributed by atoms with Gasteiger partial charge in [0.15, 0.2) is 0 Å². The van der Waals surface area contributed by atoms with Crippen LogP contribution in [0.2, 0.25) is 0 Å². The van der Waals surface area contributed by atoms with Gasteiger partial charge in [-0.2, -0.15) is 5.10 Å². The molecule has 1 aromatic heterocycles. The number of benzene rings is 4. The maximum Gasteiger partial charge on any atom is 0.337 e. The van der Waals surface area contributed by atoms with Crippen LogP contribution in [-0.2, 0) is 32.3 Å². The normalized spacial score (nSPS) is 13.4. The number of nitrogens with one attached hydrogen (secondary N) is 1. The molecule has 46 heavy (non-hydrogen) atoms. The van der Waals surface area contributed by atoms with Crippen molar-refractivity contribution < 1.29 is 19.1 Å². The van der Waals surface area contributed by atoms with Crippen molar-refractivity contribution in [2.75, 3.05) is 0 Å².